The maximum Gasteiger partial charge on any atom is 0.126 e. The largest absolute Gasteiger partial charge is 0.507 e. The number of methoxy groups -OCH3 is 2. The van der Waals surface area contributed by atoms with Crippen LogP contribution >= 0.6 is 0 Å². The van der Waals surface area contributed by atoms with Gasteiger partial charge in [0.2, 0.25) is 0 Å². The molecule has 3 heteroatoms. The van der Waals surface area contributed by atoms with Crippen LogP contribution in [0.4, 0.5) is 0 Å². The van der Waals surface area contributed by atoms with Gasteiger partial charge in [0, 0.05) is 30.8 Å². The van der Waals surface area contributed by atoms with E-state index >= 15 is 0 Å². The second-order valence-corrected chi connectivity index (χ2v) is 6.00. The van der Waals surface area contributed by atoms with Crippen LogP contribution in [-0.4, -0.2) is 19.3 Å². The van der Waals surface area contributed by atoms with E-state index in [4.69, 9.17) is 9.47 Å². The van der Waals surface area contributed by atoms with Crippen molar-refractivity contribution in [3.63, 3.8) is 0 Å². The van der Waals surface area contributed by atoms with Gasteiger partial charge in [-0.3, -0.25) is 0 Å². The zero-order valence-corrected chi connectivity index (χ0v) is 13.7. The van der Waals surface area contributed by atoms with Crippen LogP contribution in [0.1, 0.15) is 36.1 Å². The molecule has 22 heavy (non-hydrogen) atoms. The molecule has 0 saturated heterocycles. The van der Waals surface area contributed by atoms with Crippen molar-refractivity contribution in [1.82, 2.24) is 0 Å². The lowest BCUT2D eigenvalue weighted by Gasteiger charge is -2.28. The lowest BCUT2D eigenvalue weighted by Crippen LogP contribution is -2.19. The second-order valence-electron chi connectivity index (χ2n) is 6.00. The van der Waals surface area contributed by atoms with Crippen molar-refractivity contribution in [2.24, 2.45) is 0 Å². The summed E-state index contributed by atoms with van der Waals surface area (Å²) in [7, 11) is 3.26. The van der Waals surface area contributed by atoms with Gasteiger partial charge in [-0.25, -0.2) is 0 Å². The van der Waals surface area contributed by atoms with Gasteiger partial charge in [0.1, 0.15) is 5.75 Å². The van der Waals surface area contributed by atoms with Crippen LogP contribution < -0.4 is 0 Å². The van der Waals surface area contributed by atoms with Crippen molar-refractivity contribution >= 4 is 0 Å². The molecular formula is C19H24O3. The number of phenols is 1. The molecule has 0 heterocycles. The molecule has 118 valence electrons. The third kappa shape index (κ3) is 3.32. The first kappa shape index (κ1) is 16.5. The molecule has 2 aromatic rings. The van der Waals surface area contributed by atoms with Crippen LogP contribution in [-0.2, 0) is 28.1 Å². The van der Waals surface area contributed by atoms with Gasteiger partial charge in [-0.15, -0.1) is 0 Å². The summed E-state index contributed by atoms with van der Waals surface area (Å²) in [5.74, 6) is 0.260. The fourth-order valence-electron chi connectivity index (χ4n) is 2.67. The van der Waals surface area contributed by atoms with E-state index in [1.54, 1.807) is 14.2 Å². The summed E-state index contributed by atoms with van der Waals surface area (Å²) in [6, 6.07) is 14.4. The van der Waals surface area contributed by atoms with Crippen LogP contribution in [0.3, 0.4) is 0 Å². The quantitative estimate of drug-likeness (QED) is 0.876. The highest BCUT2D eigenvalue weighted by molar-refractivity contribution is 5.48. The number of rotatable bonds is 6. The van der Waals surface area contributed by atoms with E-state index in [2.05, 4.69) is 26.0 Å². The van der Waals surface area contributed by atoms with Crippen LogP contribution in [0, 0.1) is 0 Å². The molecule has 0 aliphatic heterocycles. The SMILES string of the molecule is COCc1cc(C(C)(C)c2ccccc2)cc(COC)c1O. The molecule has 2 aromatic carbocycles. The van der Waals surface area contributed by atoms with Gasteiger partial charge >= 0.3 is 0 Å². The van der Waals surface area contributed by atoms with Gasteiger partial charge in [0.15, 0.2) is 0 Å². The van der Waals surface area contributed by atoms with Gasteiger partial charge < -0.3 is 14.6 Å². The molecule has 1 N–H and O–H groups in total. The lowest BCUT2D eigenvalue weighted by atomic mass is 9.77. The van der Waals surface area contributed by atoms with Crippen molar-refractivity contribution in [3.05, 3.63) is 64.7 Å². The summed E-state index contributed by atoms with van der Waals surface area (Å²) in [5, 5.41) is 10.4. The minimum Gasteiger partial charge on any atom is -0.507 e. The Balaban J connectivity index is 2.54. The molecule has 0 fully saturated rings. The maximum absolute atomic E-state index is 10.4. The van der Waals surface area contributed by atoms with Crippen LogP contribution in [0.25, 0.3) is 0 Å². The topological polar surface area (TPSA) is 38.7 Å². The number of benzene rings is 2. The number of ether oxygens (including phenoxy) is 2. The lowest BCUT2D eigenvalue weighted by molar-refractivity contribution is 0.174. The fraction of sp³-hybridized carbons (Fsp3) is 0.368. The molecule has 0 aliphatic rings. The van der Waals surface area contributed by atoms with Crippen LogP contribution in [0.2, 0.25) is 0 Å². The number of aromatic hydroxyl groups is 1. The standard InChI is InChI=1S/C19H24O3/c1-19(2,16-8-6-5-7-9-16)17-10-14(12-21-3)18(20)15(11-17)13-22-4/h5-11,20H,12-13H2,1-4H3. The molecule has 0 spiro atoms. The first-order valence-electron chi connectivity index (χ1n) is 7.39. The third-order valence-corrected chi connectivity index (χ3v) is 4.08. The van der Waals surface area contributed by atoms with Crippen molar-refractivity contribution in [2.75, 3.05) is 14.2 Å². The Kier molecular flexibility index (Phi) is 5.22. The van der Waals surface area contributed by atoms with Crippen molar-refractivity contribution in [2.45, 2.75) is 32.5 Å². The summed E-state index contributed by atoms with van der Waals surface area (Å²) in [4.78, 5) is 0. The number of phenolic OH excluding ortho intramolecular Hbond substituents is 1. The van der Waals surface area contributed by atoms with Crippen LogP contribution in [0.15, 0.2) is 42.5 Å². The van der Waals surface area contributed by atoms with Gasteiger partial charge in [0.25, 0.3) is 0 Å². The molecule has 0 aromatic heterocycles. The van der Waals surface area contributed by atoms with E-state index in [1.807, 2.05) is 30.3 Å². The summed E-state index contributed by atoms with van der Waals surface area (Å²) in [6.45, 7) is 5.12. The van der Waals surface area contributed by atoms with Gasteiger partial charge in [0.05, 0.1) is 13.2 Å². The van der Waals surface area contributed by atoms with E-state index in [-0.39, 0.29) is 11.2 Å². The summed E-state index contributed by atoms with van der Waals surface area (Å²) in [5.41, 5.74) is 3.77. The van der Waals surface area contributed by atoms with Gasteiger partial charge in [-0.1, -0.05) is 44.2 Å². The van der Waals surface area contributed by atoms with Crippen molar-refractivity contribution in [1.29, 1.82) is 0 Å². The minimum atomic E-state index is -0.167. The highest BCUT2D eigenvalue weighted by atomic mass is 16.5. The van der Waals surface area contributed by atoms with Crippen molar-refractivity contribution in [3.8, 4) is 5.75 Å². The molecule has 0 bridgehead atoms. The Bertz CT molecular complexity index is 591. The zero-order chi connectivity index (χ0) is 16.2. The third-order valence-electron chi connectivity index (χ3n) is 4.08. The predicted octanol–water partition coefficient (Wildman–Crippen LogP) is 4.01. The Morgan fingerprint density at radius 2 is 1.36 bits per heavy atom. The van der Waals surface area contributed by atoms with E-state index < -0.39 is 0 Å². The molecule has 0 atom stereocenters. The monoisotopic (exact) mass is 300 g/mol. The van der Waals surface area contributed by atoms with E-state index in [9.17, 15) is 5.11 Å². The molecule has 0 saturated carbocycles. The zero-order valence-electron chi connectivity index (χ0n) is 13.7. The van der Waals surface area contributed by atoms with E-state index in [1.165, 1.54) is 5.56 Å². The first-order valence-corrected chi connectivity index (χ1v) is 7.39. The smallest absolute Gasteiger partial charge is 0.126 e. The summed E-state index contributed by atoms with van der Waals surface area (Å²) < 4.78 is 10.4. The maximum atomic E-state index is 10.4. The van der Waals surface area contributed by atoms with E-state index in [0.29, 0.717) is 13.2 Å². The predicted molar refractivity (Wildman–Crippen MR) is 88.1 cm³/mol. The molecule has 0 unspecified atom stereocenters. The minimum absolute atomic E-state index is 0.167. The molecular weight excluding hydrogens is 276 g/mol. The normalized spacial score (nSPS) is 11.6. The highest BCUT2D eigenvalue weighted by Crippen LogP contribution is 2.36. The summed E-state index contributed by atoms with van der Waals surface area (Å²) >= 11 is 0. The van der Waals surface area contributed by atoms with Gasteiger partial charge in [-0.05, 0) is 23.3 Å². The highest BCUT2D eigenvalue weighted by Gasteiger charge is 2.25. The van der Waals surface area contributed by atoms with Crippen LogP contribution in [0.5, 0.6) is 5.75 Å². The number of hydrogen-bond donors (Lipinski definition) is 1. The number of hydrogen-bond acceptors (Lipinski definition) is 3. The Morgan fingerprint density at radius 1 is 0.864 bits per heavy atom. The average molecular weight is 300 g/mol. The Hall–Kier alpha value is -1.84. The fourth-order valence-corrected chi connectivity index (χ4v) is 2.67. The molecule has 0 radical (unpaired) electrons. The van der Waals surface area contributed by atoms with E-state index in [0.717, 1.165) is 16.7 Å². The molecule has 0 aliphatic carbocycles. The second kappa shape index (κ2) is 6.95. The Morgan fingerprint density at radius 3 is 1.82 bits per heavy atom. The summed E-state index contributed by atoms with van der Waals surface area (Å²) in [6.07, 6.45) is 0. The van der Waals surface area contributed by atoms with Gasteiger partial charge in [-0.2, -0.15) is 0 Å². The van der Waals surface area contributed by atoms with Crippen molar-refractivity contribution < 1.29 is 14.6 Å². The molecule has 3 nitrogen and oxygen atoms in total. The first-order chi connectivity index (χ1) is 10.5. The molecule has 2 rings (SSSR count). The molecule has 0 amide bonds. The Labute approximate surface area is 132 Å². The average Bonchev–Trinajstić information content (AvgIpc) is 2.52.